The Morgan fingerprint density at radius 2 is 1.81 bits per heavy atom. The Morgan fingerprint density at radius 3 is 2.44 bits per heavy atom. The van der Waals surface area contributed by atoms with Crippen LogP contribution in [0.5, 0.6) is 0 Å². The molecule has 0 bridgehead atoms. The Morgan fingerprint density at radius 1 is 1.12 bits per heavy atom. The van der Waals surface area contributed by atoms with E-state index in [1.165, 1.54) is 6.33 Å². The molecule has 5 heteroatoms. The van der Waals surface area contributed by atoms with Crippen LogP contribution < -0.4 is 0 Å². The lowest BCUT2D eigenvalue weighted by Gasteiger charge is -2.09. The van der Waals surface area contributed by atoms with Gasteiger partial charge in [-0.2, -0.15) is 0 Å². The van der Waals surface area contributed by atoms with Gasteiger partial charge in [-0.1, -0.05) is 29.3 Å². The zero-order chi connectivity index (χ0) is 11.5. The van der Waals surface area contributed by atoms with Crippen LogP contribution in [-0.2, 0) is 6.61 Å². The number of benzene rings is 1. The summed E-state index contributed by atoms with van der Waals surface area (Å²) < 4.78 is 0. The summed E-state index contributed by atoms with van der Waals surface area (Å²) in [4.78, 5) is 7.82. The highest BCUT2D eigenvalue weighted by Gasteiger charge is 2.12. The molecule has 0 atom stereocenters. The van der Waals surface area contributed by atoms with Crippen molar-refractivity contribution < 1.29 is 5.11 Å². The zero-order valence-electron chi connectivity index (χ0n) is 8.19. The van der Waals surface area contributed by atoms with Gasteiger partial charge in [0.15, 0.2) is 0 Å². The first-order valence-electron chi connectivity index (χ1n) is 4.57. The van der Waals surface area contributed by atoms with Crippen LogP contribution in [0, 0.1) is 0 Å². The van der Waals surface area contributed by atoms with E-state index in [9.17, 15) is 0 Å². The standard InChI is InChI=1S/C11H8Cl2N2O/c12-9-2-1-7(5-16)11(13)10(9)8-3-14-6-15-4-8/h1-4,6,16H,5H2. The predicted octanol–water partition coefficient (Wildman–Crippen LogP) is 2.94. The second-order valence-electron chi connectivity index (χ2n) is 3.18. The van der Waals surface area contributed by atoms with E-state index in [-0.39, 0.29) is 6.61 Å². The highest BCUT2D eigenvalue weighted by molar-refractivity contribution is 6.39. The molecular weight excluding hydrogens is 247 g/mol. The molecular formula is C11H8Cl2N2O. The molecule has 1 aromatic carbocycles. The average molecular weight is 255 g/mol. The molecule has 16 heavy (non-hydrogen) atoms. The van der Waals surface area contributed by atoms with Crippen molar-refractivity contribution in [1.82, 2.24) is 9.97 Å². The quantitative estimate of drug-likeness (QED) is 0.897. The van der Waals surface area contributed by atoms with Crippen LogP contribution >= 0.6 is 23.2 Å². The first-order chi connectivity index (χ1) is 7.74. The number of halogens is 2. The first kappa shape index (κ1) is 11.3. The van der Waals surface area contributed by atoms with Gasteiger partial charge >= 0.3 is 0 Å². The third-order valence-electron chi connectivity index (χ3n) is 2.19. The Kier molecular flexibility index (Phi) is 3.39. The molecule has 0 saturated carbocycles. The largest absolute Gasteiger partial charge is 0.392 e. The molecule has 0 spiro atoms. The van der Waals surface area contributed by atoms with Gasteiger partial charge in [-0.3, -0.25) is 0 Å². The normalized spacial score (nSPS) is 10.4. The number of hydrogen-bond donors (Lipinski definition) is 1. The summed E-state index contributed by atoms with van der Waals surface area (Å²) in [5.74, 6) is 0. The van der Waals surface area contributed by atoms with Crippen LogP contribution in [0.1, 0.15) is 5.56 Å². The number of nitrogens with zero attached hydrogens (tertiary/aromatic N) is 2. The lowest BCUT2D eigenvalue weighted by Crippen LogP contribution is -1.90. The van der Waals surface area contributed by atoms with Crippen molar-refractivity contribution >= 4 is 23.2 Å². The van der Waals surface area contributed by atoms with Crippen molar-refractivity contribution in [3.05, 3.63) is 46.5 Å². The van der Waals surface area contributed by atoms with Crippen molar-refractivity contribution in [2.24, 2.45) is 0 Å². The topological polar surface area (TPSA) is 46.0 Å². The fourth-order valence-corrected chi connectivity index (χ4v) is 2.06. The van der Waals surface area contributed by atoms with Gasteiger partial charge in [0, 0.05) is 23.5 Å². The van der Waals surface area contributed by atoms with E-state index in [2.05, 4.69) is 9.97 Å². The second kappa shape index (κ2) is 4.78. The molecule has 1 heterocycles. The van der Waals surface area contributed by atoms with Crippen molar-refractivity contribution in [2.45, 2.75) is 6.61 Å². The molecule has 2 rings (SSSR count). The fraction of sp³-hybridized carbons (Fsp3) is 0.0909. The Hall–Kier alpha value is -1.16. The molecule has 0 unspecified atom stereocenters. The summed E-state index contributed by atoms with van der Waals surface area (Å²) in [5.41, 5.74) is 2.01. The van der Waals surface area contributed by atoms with E-state index in [4.69, 9.17) is 28.3 Å². The molecule has 0 aliphatic heterocycles. The van der Waals surface area contributed by atoms with Crippen LogP contribution in [0.2, 0.25) is 10.0 Å². The SMILES string of the molecule is OCc1ccc(Cl)c(-c2cncnc2)c1Cl. The fourth-order valence-electron chi connectivity index (χ4n) is 1.41. The number of hydrogen-bond acceptors (Lipinski definition) is 3. The lowest BCUT2D eigenvalue weighted by atomic mass is 10.1. The molecule has 0 radical (unpaired) electrons. The molecule has 3 nitrogen and oxygen atoms in total. The molecule has 1 N–H and O–H groups in total. The van der Waals surface area contributed by atoms with E-state index in [1.807, 2.05) is 0 Å². The summed E-state index contributed by atoms with van der Waals surface area (Å²) in [6.45, 7) is -0.128. The monoisotopic (exact) mass is 254 g/mol. The van der Waals surface area contributed by atoms with Gasteiger partial charge in [0.2, 0.25) is 0 Å². The molecule has 0 aliphatic carbocycles. The summed E-state index contributed by atoms with van der Waals surface area (Å²) in [6.07, 6.45) is 4.68. The smallest absolute Gasteiger partial charge is 0.115 e. The van der Waals surface area contributed by atoms with Crippen molar-refractivity contribution in [2.75, 3.05) is 0 Å². The second-order valence-corrected chi connectivity index (χ2v) is 3.97. The molecule has 2 aromatic rings. The van der Waals surface area contributed by atoms with Crippen LogP contribution in [0.15, 0.2) is 30.9 Å². The Bertz CT molecular complexity index is 503. The number of aliphatic hydroxyl groups excluding tert-OH is 1. The minimum atomic E-state index is -0.128. The van der Waals surface area contributed by atoms with Crippen molar-refractivity contribution in [1.29, 1.82) is 0 Å². The van der Waals surface area contributed by atoms with Crippen LogP contribution in [-0.4, -0.2) is 15.1 Å². The van der Waals surface area contributed by atoms with Crippen molar-refractivity contribution in [3.8, 4) is 11.1 Å². The number of rotatable bonds is 2. The molecule has 0 fully saturated rings. The highest BCUT2D eigenvalue weighted by atomic mass is 35.5. The lowest BCUT2D eigenvalue weighted by molar-refractivity contribution is 0.282. The van der Waals surface area contributed by atoms with Gasteiger partial charge in [0.1, 0.15) is 6.33 Å². The van der Waals surface area contributed by atoms with Crippen LogP contribution in [0.4, 0.5) is 0 Å². The Labute approximate surface area is 103 Å². The molecule has 1 aromatic heterocycles. The summed E-state index contributed by atoms with van der Waals surface area (Å²) >= 11 is 12.2. The maximum absolute atomic E-state index is 9.12. The molecule has 0 saturated heterocycles. The molecule has 82 valence electrons. The highest BCUT2D eigenvalue weighted by Crippen LogP contribution is 2.36. The molecule has 0 aliphatic rings. The minimum Gasteiger partial charge on any atom is -0.392 e. The van der Waals surface area contributed by atoms with Gasteiger partial charge in [-0.25, -0.2) is 9.97 Å². The Balaban J connectivity index is 2.64. The van der Waals surface area contributed by atoms with Crippen molar-refractivity contribution in [3.63, 3.8) is 0 Å². The number of aliphatic hydroxyl groups is 1. The summed E-state index contributed by atoms with van der Waals surface area (Å²) in [5, 5.41) is 10.1. The third-order valence-corrected chi connectivity index (χ3v) is 2.94. The van der Waals surface area contributed by atoms with E-state index in [0.29, 0.717) is 21.2 Å². The maximum Gasteiger partial charge on any atom is 0.115 e. The van der Waals surface area contributed by atoms with Gasteiger partial charge < -0.3 is 5.11 Å². The molecule has 0 amide bonds. The average Bonchev–Trinajstić information content (AvgIpc) is 2.31. The predicted molar refractivity (Wildman–Crippen MR) is 63.4 cm³/mol. The third kappa shape index (κ3) is 2.02. The summed E-state index contributed by atoms with van der Waals surface area (Å²) in [6, 6.07) is 3.39. The van der Waals surface area contributed by atoms with E-state index < -0.39 is 0 Å². The van der Waals surface area contributed by atoms with Gasteiger partial charge in [0.25, 0.3) is 0 Å². The van der Waals surface area contributed by atoms with Gasteiger partial charge in [-0.05, 0) is 11.6 Å². The van der Waals surface area contributed by atoms with Crippen LogP contribution in [0.3, 0.4) is 0 Å². The van der Waals surface area contributed by atoms with E-state index in [0.717, 1.165) is 5.56 Å². The van der Waals surface area contributed by atoms with Gasteiger partial charge in [-0.15, -0.1) is 0 Å². The maximum atomic E-state index is 9.12. The van der Waals surface area contributed by atoms with Crippen LogP contribution in [0.25, 0.3) is 11.1 Å². The van der Waals surface area contributed by atoms with E-state index in [1.54, 1.807) is 24.5 Å². The number of aromatic nitrogens is 2. The first-order valence-corrected chi connectivity index (χ1v) is 5.32. The zero-order valence-corrected chi connectivity index (χ0v) is 9.70. The van der Waals surface area contributed by atoms with E-state index >= 15 is 0 Å². The van der Waals surface area contributed by atoms with Gasteiger partial charge in [0.05, 0.1) is 16.7 Å². The minimum absolute atomic E-state index is 0.128. The summed E-state index contributed by atoms with van der Waals surface area (Å²) in [7, 11) is 0.